The Bertz CT molecular complexity index is 1800. The van der Waals surface area contributed by atoms with Crippen LogP contribution in [0.3, 0.4) is 0 Å². The zero-order valence-corrected chi connectivity index (χ0v) is 31.6. The third-order valence-corrected chi connectivity index (χ3v) is 10.1. The molecule has 0 radical (unpaired) electrons. The number of methoxy groups -OCH3 is 3. The van der Waals surface area contributed by atoms with Gasteiger partial charge in [-0.05, 0) is 72.5 Å². The normalized spacial score (nSPS) is 17.1. The number of hydrogen-bond acceptors (Lipinski definition) is 10. The fourth-order valence-corrected chi connectivity index (χ4v) is 6.77. The number of carbonyl (C=O) groups is 2. The summed E-state index contributed by atoms with van der Waals surface area (Å²) in [7, 11) is 4.67. The molecule has 1 aliphatic heterocycles. The Kier molecular flexibility index (Phi) is 13.8. The fourth-order valence-electron chi connectivity index (χ4n) is 6.26. The lowest BCUT2D eigenvalue weighted by Crippen LogP contribution is -2.46. The van der Waals surface area contributed by atoms with E-state index in [1.807, 2.05) is 36.4 Å². The van der Waals surface area contributed by atoms with Crippen LogP contribution >= 0.6 is 23.2 Å². The molecular weight excluding hydrogens is 705 g/mol. The van der Waals surface area contributed by atoms with Crippen molar-refractivity contribution in [3.05, 3.63) is 117 Å². The van der Waals surface area contributed by atoms with Gasteiger partial charge in [-0.3, -0.25) is 15.2 Å². The molecule has 52 heavy (non-hydrogen) atoms. The molecule has 3 aromatic carbocycles. The quantitative estimate of drug-likeness (QED) is 0.122. The maximum absolute atomic E-state index is 13.8. The van der Waals surface area contributed by atoms with Crippen LogP contribution in [0, 0.1) is 5.92 Å². The van der Waals surface area contributed by atoms with Crippen LogP contribution in [-0.4, -0.2) is 68.9 Å². The number of hydrogen-bond donors (Lipinski definition) is 1. The highest BCUT2D eigenvalue weighted by Crippen LogP contribution is 2.36. The Labute approximate surface area is 315 Å². The first-order chi connectivity index (χ1) is 25.1. The summed E-state index contributed by atoms with van der Waals surface area (Å²) >= 11 is 12.9. The summed E-state index contributed by atoms with van der Waals surface area (Å²) in [5.74, 6) is 0.946. The zero-order valence-electron chi connectivity index (χ0n) is 30.1. The van der Waals surface area contributed by atoms with Crippen molar-refractivity contribution in [2.24, 2.45) is 5.92 Å². The van der Waals surface area contributed by atoms with Crippen LogP contribution in [-0.2, 0) is 27.2 Å². The van der Waals surface area contributed by atoms with Crippen molar-refractivity contribution in [1.29, 1.82) is 0 Å². The number of pyridine rings is 1. The Morgan fingerprint density at radius 3 is 2.29 bits per heavy atom. The van der Waals surface area contributed by atoms with Gasteiger partial charge in [0.2, 0.25) is 0 Å². The van der Waals surface area contributed by atoms with Crippen molar-refractivity contribution in [2.45, 2.75) is 51.5 Å². The number of nitrogens with one attached hydrogen (secondary N) is 1. The van der Waals surface area contributed by atoms with Gasteiger partial charge < -0.3 is 23.7 Å². The summed E-state index contributed by atoms with van der Waals surface area (Å²) in [6.07, 6.45) is 3.18. The predicted octanol–water partition coefficient (Wildman–Crippen LogP) is 7.66. The van der Waals surface area contributed by atoms with Gasteiger partial charge in [-0.15, -0.1) is 0 Å². The van der Waals surface area contributed by atoms with E-state index in [9.17, 15) is 9.59 Å². The Morgan fingerprint density at radius 1 is 0.923 bits per heavy atom. The summed E-state index contributed by atoms with van der Waals surface area (Å²) < 4.78 is 28.8. The molecule has 0 spiro atoms. The highest BCUT2D eigenvalue weighted by Gasteiger charge is 2.33. The Hall–Kier alpha value is -4.35. The lowest BCUT2D eigenvalue weighted by molar-refractivity contribution is -0.157. The van der Waals surface area contributed by atoms with Crippen molar-refractivity contribution in [3.8, 4) is 17.2 Å². The van der Waals surface area contributed by atoms with Crippen LogP contribution in [0.15, 0.2) is 79.1 Å². The number of likely N-dealkylation sites (N-methyl/N-ethyl adjacent to an activating group) is 1. The van der Waals surface area contributed by atoms with Gasteiger partial charge in [-0.2, -0.15) is 0 Å². The predicted molar refractivity (Wildman–Crippen MR) is 200 cm³/mol. The van der Waals surface area contributed by atoms with E-state index in [1.54, 1.807) is 44.6 Å². The van der Waals surface area contributed by atoms with Crippen molar-refractivity contribution >= 4 is 35.1 Å². The summed E-state index contributed by atoms with van der Waals surface area (Å²) in [5, 5.41) is 4.10. The molecule has 12 heteroatoms. The number of nitrogens with zero attached hydrogens (tertiary/aromatic N) is 2. The van der Waals surface area contributed by atoms with Crippen LogP contribution < -0.4 is 19.5 Å². The molecule has 0 aliphatic carbocycles. The second-order valence-electron chi connectivity index (χ2n) is 12.7. The number of para-hydroxylation sites is 1. The van der Waals surface area contributed by atoms with Crippen molar-refractivity contribution in [1.82, 2.24) is 15.2 Å². The molecule has 5 rings (SSSR count). The molecule has 0 bridgehead atoms. The largest absolute Gasteiger partial charge is 0.496 e. The van der Waals surface area contributed by atoms with Crippen molar-refractivity contribution in [3.63, 3.8) is 0 Å². The number of rotatable bonds is 15. The highest BCUT2D eigenvalue weighted by molar-refractivity contribution is 6.35. The van der Waals surface area contributed by atoms with E-state index in [0.29, 0.717) is 62.6 Å². The second kappa shape index (κ2) is 18.4. The summed E-state index contributed by atoms with van der Waals surface area (Å²) in [6, 6.07) is 19.0. The molecule has 276 valence electrons. The van der Waals surface area contributed by atoms with Crippen LogP contribution in [0.4, 0.5) is 0 Å². The van der Waals surface area contributed by atoms with E-state index in [-0.39, 0.29) is 24.4 Å². The Morgan fingerprint density at radius 2 is 1.62 bits per heavy atom. The van der Waals surface area contributed by atoms with Gasteiger partial charge >= 0.3 is 11.9 Å². The van der Waals surface area contributed by atoms with E-state index < -0.39 is 18.1 Å². The van der Waals surface area contributed by atoms with Crippen LogP contribution in [0.5, 0.6) is 17.2 Å². The molecule has 2 heterocycles. The van der Waals surface area contributed by atoms with E-state index in [1.165, 1.54) is 19.5 Å². The average molecular weight is 751 g/mol. The molecule has 0 amide bonds. The number of aromatic nitrogens is 1. The minimum absolute atomic E-state index is 0.194. The van der Waals surface area contributed by atoms with Gasteiger partial charge in [-0.1, -0.05) is 73.4 Å². The van der Waals surface area contributed by atoms with Gasteiger partial charge in [0, 0.05) is 37.5 Å². The minimum atomic E-state index is -0.779. The number of carbonyl (C=O) groups excluding carboxylic acids is 2. The zero-order chi connectivity index (χ0) is 37.2. The average Bonchev–Trinajstić information content (AvgIpc) is 3.16. The maximum atomic E-state index is 13.8. The lowest BCUT2D eigenvalue weighted by atomic mass is 9.95. The topological polar surface area (TPSA) is 108 Å². The lowest BCUT2D eigenvalue weighted by Gasteiger charge is -2.36. The second-order valence-corrected chi connectivity index (χ2v) is 13.5. The molecule has 2 unspecified atom stereocenters. The molecule has 1 saturated heterocycles. The molecule has 1 aliphatic rings. The first-order valence-corrected chi connectivity index (χ1v) is 18.0. The molecule has 4 atom stereocenters. The standard InChI is InChI=1S/C40H45Cl2N3O7/c1-6-45-18-17-25(2)37(24-45)52-40(47)38(29-9-7-8-10-33(29)48-3)44-21-26-11-13-27(14-12-26)39(46)51-35(20-30-31(41)22-43-23-32(30)42)28-15-16-34(49-4)36(19-28)50-5/h7-16,19,22-23,25,35,37-38,44H,6,17-18,20-21,24H2,1-5H3/t25?,35-,37+,38?/m1/s1. The summed E-state index contributed by atoms with van der Waals surface area (Å²) in [4.78, 5) is 33.7. The molecule has 10 nitrogen and oxygen atoms in total. The van der Waals surface area contributed by atoms with E-state index >= 15 is 0 Å². The Balaban J connectivity index is 1.33. The minimum Gasteiger partial charge on any atom is -0.496 e. The number of esters is 2. The maximum Gasteiger partial charge on any atom is 0.338 e. The molecule has 4 aromatic rings. The van der Waals surface area contributed by atoms with Gasteiger partial charge in [0.25, 0.3) is 0 Å². The van der Waals surface area contributed by atoms with Gasteiger partial charge in [0.1, 0.15) is 24.0 Å². The third-order valence-electron chi connectivity index (χ3n) is 9.44. The first-order valence-electron chi connectivity index (χ1n) is 17.2. The number of halogens is 2. The van der Waals surface area contributed by atoms with E-state index in [4.69, 9.17) is 46.9 Å². The number of ether oxygens (including phenoxy) is 5. The SMILES string of the molecule is CCN1CCC(C)[C@@H](OC(=O)C(NCc2ccc(C(=O)O[C@H](Cc3c(Cl)cncc3Cl)c3ccc(OC)c(OC)c3)cc2)c2ccccc2OC)C1. The molecule has 1 N–H and O–H groups in total. The highest BCUT2D eigenvalue weighted by atomic mass is 35.5. The third kappa shape index (κ3) is 9.54. The van der Waals surface area contributed by atoms with Crippen LogP contribution in [0.2, 0.25) is 10.0 Å². The molecular formula is C40H45Cl2N3O7. The smallest absolute Gasteiger partial charge is 0.338 e. The molecule has 1 fully saturated rings. The number of benzene rings is 3. The summed E-state index contributed by atoms with van der Waals surface area (Å²) in [6.45, 7) is 7.17. The van der Waals surface area contributed by atoms with E-state index in [2.05, 4.69) is 29.0 Å². The monoisotopic (exact) mass is 749 g/mol. The number of piperidine rings is 1. The number of likely N-dealkylation sites (tertiary alicyclic amines) is 1. The van der Waals surface area contributed by atoms with Gasteiger partial charge in [0.15, 0.2) is 11.5 Å². The van der Waals surface area contributed by atoms with Crippen LogP contribution in [0.1, 0.15) is 65.0 Å². The van der Waals surface area contributed by atoms with Gasteiger partial charge in [-0.25, -0.2) is 9.59 Å². The van der Waals surface area contributed by atoms with Crippen molar-refractivity contribution < 1.29 is 33.3 Å². The van der Waals surface area contributed by atoms with Crippen molar-refractivity contribution in [2.75, 3.05) is 41.0 Å². The van der Waals surface area contributed by atoms with E-state index in [0.717, 1.165) is 25.1 Å². The molecule has 0 saturated carbocycles. The summed E-state index contributed by atoms with van der Waals surface area (Å²) in [5.41, 5.74) is 3.13. The first kappa shape index (κ1) is 38.9. The molecule has 1 aromatic heterocycles. The van der Waals surface area contributed by atoms with Gasteiger partial charge in [0.05, 0.1) is 36.9 Å². The fraction of sp³-hybridized carbons (Fsp3) is 0.375. The van der Waals surface area contributed by atoms with Crippen LogP contribution in [0.25, 0.3) is 0 Å².